The van der Waals surface area contributed by atoms with Crippen LogP contribution >= 0.6 is 0 Å². The van der Waals surface area contributed by atoms with Gasteiger partial charge >= 0.3 is 6.03 Å². The van der Waals surface area contributed by atoms with E-state index in [4.69, 9.17) is 9.26 Å². The van der Waals surface area contributed by atoms with Crippen molar-refractivity contribution >= 4 is 6.03 Å². The second kappa shape index (κ2) is 8.28. The third kappa shape index (κ3) is 5.06. The van der Waals surface area contributed by atoms with E-state index in [0.29, 0.717) is 37.8 Å². The topological polar surface area (TPSA) is 98.3 Å². The highest BCUT2D eigenvalue weighted by Crippen LogP contribution is 1.99. The lowest BCUT2D eigenvalue weighted by Gasteiger charge is -2.18. The van der Waals surface area contributed by atoms with Gasteiger partial charge in [-0.05, 0) is 6.92 Å². The van der Waals surface area contributed by atoms with Crippen molar-refractivity contribution in [3.8, 4) is 0 Å². The Morgan fingerprint density at radius 1 is 1.52 bits per heavy atom. The van der Waals surface area contributed by atoms with Gasteiger partial charge in [0.1, 0.15) is 5.82 Å². The number of methoxy groups -OCH3 is 1. The minimum absolute atomic E-state index is 0.195. The molecule has 0 saturated carbocycles. The van der Waals surface area contributed by atoms with Crippen LogP contribution in [0.2, 0.25) is 0 Å². The maximum atomic E-state index is 12.0. The number of nitrogens with one attached hydrogen (secondary N) is 1. The van der Waals surface area contributed by atoms with Crippen molar-refractivity contribution in [2.24, 2.45) is 0 Å². The van der Waals surface area contributed by atoms with E-state index in [1.54, 1.807) is 25.3 Å². The molecule has 126 valence electrons. The van der Waals surface area contributed by atoms with Gasteiger partial charge in [0.25, 0.3) is 0 Å². The number of likely N-dealkylation sites (N-methyl/N-ethyl adjacent to an activating group) is 1. The van der Waals surface area contributed by atoms with Gasteiger partial charge < -0.3 is 24.0 Å². The number of nitrogens with zero attached hydrogens (tertiary/aromatic N) is 5. The number of amides is 2. The van der Waals surface area contributed by atoms with Crippen molar-refractivity contribution in [3.63, 3.8) is 0 Å². The van der Waals surface area contributed by atoms with Gasteiger partial charge in [0.05, 0.1) is 13.2 Å². The van der Waals surface area contributed by atoms with Crippen LogP contribution in [-0.2, 0) is 24.2 Å². The van der Waals surface area contributed by atoms with Crippen LogP contribution in [-0.4, -0.2) is 57.9 Å². The number of aryl methyl sites for hydroxylation is 1. The van der Waals surface area contributed by atoms with Gasteiger partial charge in [-0.15, -0.1) is 0 Å². The van der Waals surface area contributed by atoms with Gasteiger partial charge in [0.2, 0.25) is 5.89 Å². The fourth-order valence-electron chi connectivity index (χ4n) is 1.94. The lowest BCUT2D eigenvalue weighted by Crippen LogP contribution is -2.38. The summed E-state index contributed by atoms with van der Waals surface area (Å²) in [6.07, 6.45) is 4.21. The number of imidazole rings is 1. The summed E-state index contributed by atoms with van der Waals surface area (Å²) in [5, 5.41) is 6.56. The molecule has 0 bridgehead atoms. The van der Waals surface area contributed by atoms with Crippen LogP contribution in [0.4, 0.5) is 4.79 Å². The van der Waals surface area contributed by atoms with Crippen molar-refractivity contribution in [2.75, 3.05) is 27.3 Å². The number of aromatic nitrogens is 4. The van der Waals surface area contributed by atoms with Crippen LogP contribution in [0.3, 0.4) is 0 Å². The molecule has 2 heterocycles. The molecule has 9 heteroatoms. The summed E-state index contributed by atoms with van der Waals surface area (Å²) in [4.78, 5) is 21.9. The Hall–Kier alpha value is -2.42. The second-order valence-corrected chi connectivity index (χ2v) is 5.10. The Morgan fingerprint density at radius 2 is 2.35 bits per heavy atom. The third-order valence-electron chi connectivity index (χ3n) is 3.38. The minimum Gasteiger partial charge on any atom is -0.384 e. The quantitative estimate of drug-likeness (QED) is 0.764. The zero-order valence-electron chi connectivity index (χ0n) is 13.7. The van der Waals surface area contributed by atoms with E-state index >= 15 is 0 Å². The van der Waals surface area contributed by atoms with E-state index in [-0.39, 0.29) is 12.6 Å². The fraction of sp³-hybridized carbons (Fsp3) is 0.571. The highest BCUT2D eigenvalue weighted by Gasteiger charge is 2.11. The molecule has 0 aromatic carbocycles. The summed E-state index contributed by atoms with van der Waals surface area (Å²) >= 11 is 0. The molecule has 0 spiro atoms. The number of hydrogen-bond donors (Lipinski definition) is 1. The molecule has 2 aromatic heterocycles. The molecule has 0 aliphatic rings. The lowest BCUT2D eigenvalue weighted by molar-refractivity contribution is 0.199. The molecule has 9 nitrogen and oxygen atoms in total. The molecule has 0 aliphatic heterocycles. The van der Waals surface area contributed by atoms with E-state index in [1.807, 2.05) is 17.7 Å². The van der Waals surface area contributed by atoms with Crippen LogP contribution in [0, 0.1) is 6.92 Å². The van der Waals surface area contributed by atoms with Crippen LogP contribution in [0.25, 0.3) is 0 Å². The molecule has 0 aliphatic carbocycles. The van der Waals surface area contributed by atoms with Crippen LogP contribution in [0.5, 0.6) is 0 Å². The maximum Gasteiger partial charge on any atom is 0.317 e. The van der Waals surface area contributed by atoms with E-state index in [0.717, 1.165) is 5.82 Å². The van der Waals surface area contributed by atoms with E-state index in [9.17, 15) is 4.79 Å². The average molecular weight is 322 g/mol. The Labute approximate surface area is 134 Å². The predicted molar refractivity (Wildman–Crippen MR) is 81.7 cm³/mol. The molecule has 0 fully saturated rings. The zero-order chi connectivity index (χ0) is 16.7. The van der Waals surface area contributed by atoms with E-state index < -0.39 is 0 Å². The van der Waals surface area contributed by atoms with Gasteiger partial charge in [-0.2, -0.15) is 4.98 Å². The van der Waals surface area contributed by atoms with Gasteiger partial charge in [0, 0.05) is 46.1 Å². The van der Waals surface area contributed by atoms with Gasteiger partial charge in [-0.3, -0.25) is 0 Å². The zero-order valence-corrected chi connectivity index (χ0v) is 13.7. The Bertz CT molecular complexity index is 624. The first-order chi connectivity index (χ1) is 11.1. The number of rotatable bonds is 8. The van der Waals surface area contributed by atoms with Crippen LogP contribution in [0.1, 0.15) is 17.5 Å². The first-order valence-corrected chi connectivity index (χ1v) is 7.37. The normalized spacial score (nSPS) is 10.7. The van der Waals surface area contributed by atoms with Crippen molar-refractivity contribution in [2.45, 2.75) is 26.4 Å². The van der Waals surface area contributed by atoms with Gasteiger partial charge in [0.15, 0.2) is 5.82 Å². The Morgan fingerprint density at radius 3 is 3.04 bits per heavy atom. The fourth-order valence-corrected chi connectivity index (χ4v) is 1.94. The Kier molecular flexibility index (Phi) is 6.10. The molecule has 2 amide bonds. The Balaban J connectivity index is 1.73. The smallest absolute Gasteiger partial charge is 0.317 e. The van der Waals surface area contributed by atoms with Gasteiger partial charge in [-0.25, -0.2) is 9.78 Å². The molecule has 0 atom stereocenters. The molecule has 23 heavy (non-hydrogen) atoms. The summed E-state index contributed by atoms with van der Waals surface area (Å²) in [6, 6.07) is -0.195. The third-order valence-corrected chi connectivity index (χ3v) is 3.38. The number of urea groups is 1. The predicted octanol–water partition coefficient (Wildman–Crippen LogP) is 0.605. The number of carbonyl (C=O) groups excluding carboxylic acids is 1. The molecule has 0 radical (unpaired) electrons. The average Bonchev–Trinajstić information content (AvgIpc) is 3.17. The van der Waals surface area contributed by atoms with Crippen molar-refractivity contribution < 1.29 is 14.1 Å². The molecule has 1 N–H and O–H groups in total. The molecule has 2 aromatic rings. The van der Waals surface area contributed by atoms with Gasteiger partial charge in [-0.1, -0.05) is 5.16 Å². The number of ether oxygens (including phenoxy) is 1. The lowest BCUT2D eigenvalue weighted by atomic mass is 10.4. The summed E-state index contributed by atoms with van der Waals surface area (Å²) in [6.45, 7) is 3.93. The minimum atomic E-state index is -0.195. The molecule has 0 unspecified atom stereocenters. The molecule has 0 saturated heterocycles. The van der Waals surface area contributed by atoms with Crippen molar-refractivity contribution in [1.82, 2.24) is 29.9 Å². The van der Waals surface area contributed by atoms with Crippen molar-refractivity contribution in [3.05, 3.63) is 29.9 Å². The van der Waals surface area contributed by atoms with Crippen LogP contribution in [0.15, 0.2) is 16.9 Å². The van der Waals surface area contributed by atoms with E-state index in [1.165, 1.54) is 0 Å². The molecular formula is C14H22N6O3. The summed E-state index contributed by atoms with van der Waals surface area (Å²) in [7, 11) is 3.35. The summed E-state index contributed by atoms with van der Waals surface area (Å²) < 4.78 is 12.0. The molecule has 2 rings (SSSR count). The SMILES string of the molecule is COCCc1noc(CNC(=O)N(C)CCn2ccnc2C)n1. The first-order valence-electron chi connectivity index (χ1n) is 7.37. The second-order valence-electron chi connectivity index (χ2n) is 5.10. The maximum absolute atomic E-state index is 12.0. The standard InChI is InChI=1S/C14H22N6O3/c1-11-15-5-6-20(11)8-7-19(2)14(21)16-10-13-17-12(18-23-13)4-9-22-3/h5-6H,4,7-10H2,1-3H3,(H,16,21). The molecular weight excluding hydrogens is 300 g/mol. The number of hydrogen-bond acceptors (Lipinski definition) is 6. The number of carbonyl (C=O) groups is 1. The first kappa shape index (κ1) is 16.9. The summed E-state index contributed by atoms with van der Waals surface area (Å²) in [5.74, 6) is 1.87. The van der Waals surface area contributed by atoms with Crippen molar-refractivity contribution in [1.29, 1.82) is 0 Å². The summed E-state index contributed by atoms with van der Waals surface area (Å²) in [5.41, 5.74) is 0. The monoisotopic (exact) mass is 322 g/mol. The highest BCUT2D eigenvalue weighted by atomic mass is 16.5. The largest absolute Gasteiger partial charge is 0.384 e. The highest BCUT2D eigenvalue weighted by molar-refractivity contribution is 5.73. The van der Waals surface area contributed by atoms with E-state index in [2.05, 4.69) is 20.4 Å². The van der Waals surface area contributed by atoms with Crippen LogP contribution < -0.4 is 5.32 Å².